The van der Waals surface area contributed by atoms with E-state index in [1.54, 1.807) is 0 Å². The van der Waals surface area contributed by atoms with Crippen LogP contribution in [0.2, 0.25) is 0 Å². The van der Waals surface area contributed by atoms with Crippen molar-refractivity contribution in [2.75, 3.05) is 0 Å². The molecule has 18 heavy (non-hydrogen) atoms. The van der Waals surface area contributed by atoms with Crippen molar-refractivity contribution in [3.05, 3.63) is 12.3 Å². The van der Waals surface area contributed by atoms with Gasteiger partial charge in [-0.2, -0.15) is 21.6 Å². The van der Waals surface area contributed by atoms with Gasteiger partial charge in [0, 0.05) is 0 Å². The Hall–Kier alpha value is -0.720. The van der Waals surface area contributed by atoms with Gasteiger partial charge in [0.1, 0.15) is 6.26 Å². The van der Waals surface area contributed by atoms with Crippen molar-refractivity contribution in [1.82, 2.24) is 0 Å². The third kappa shape index (κ3) is 7.58. The molecule has 0 atom stereocenters. The Morgan fingerprint density at radius 2 is 1.61 bits per heavy atom. The second-order valence-corrected chi connectivity index (χ2v) is 5.49. The average molecular weight is 288 g/mol. The van der Waals surface area contributed by atoms with Crippen LogP contribution in [-0.4, -0.2) is 13.9 Å². The molecule has 3 nitrogen and oxygen atoms in total. The maximum Gasteiger partial charge on any atom is 0.534 e. The molecule has 0 fully saturated rings. The van der Waals surface area contributed by atoms with Crippen molar-refractivity contribution in [3.8, 4) is 0 Å². The number of hydrogen-bond acceptors (Lipinski definition) is 3. The van der Waals surface area contributed by atoms with E-state index < -0.39 is 15.6 Å². The molecule has 0 spiro atoms. The fourth-order valence-corrected chi connectivity index (χ4v) is 1.61. The van der Waals surface area contributed by atoms with Crippen LogP contribution in [0.4, 0.5) is 13.2 Å². The first-order valence-corrected chi connectivity index (χ1v) is 7.36. The summed E-state index contributed by atoms with van der Waals surface area (Å²) in [7, 11) is -5.49. The second kappa shape index (κ2) is 8.39. The Morgan fingerprint density at radius 1 is 1.06 bits per heavy atom. The molecule has 0 unspecified atom stereocenters. The number of halogens is 3. The fraction of sp³-hybridized carbons (Fsp3) is 0.818. The molecule has 0 aromatic rings. The van der Waals surface area contributed by atoms with Crippen molar-refractivity contribution in [1.29, 1.82) is 0 Å². The van der Waals surface area contributed by atoms with Crippen LogP contribution in [0, 0.1) is 0 Å². The van der Waals surface area contributed by atoms with E-state index in [1.807, 2.05) is 0 Å². The molecule has 0 saturated heterocycles. The molecular formula is C11H19F3O3S. The molecule has 0 aliphatic heterocycles. The van der Waals surface area contributed by atoms with Crippen LogP contribution < -0.4 is 0 Å². The summed E-state index contributed by atoms with van der Waals surface area (Å²) in [6.45, 7) is 2.11. The minimum absolute atomic E-state index is 0.513. The van der Waals surface area contributed by atoms with Gasteiger partial charge in [-0.25, -0.2) is 0 Å². The first-order chi connectivity index (χ1) is 8.31. The quantitative estimate of drug-likeness (QED) is 0.277. The largest absolute Gasteiger partial charge is 0.534 e. The number of allylic oxidation sites excluding steroid dienone is 1. The lowest BCUT2D eigenvalue weighted by atomic mass is 10.1. The maximum atomic E-state index is 11.8. The lowest BCUT2D eigenvalue weighted by Crippen LogP contribution is -2.23. The molecular weight excluding hydrogens is 269 g/mol. The zero-order chi connectivity index (χ0) is 14.1. The molecule has 0 aliphatic rings. The van der Waals surface area contributed by atoms with E-state index in [0.29, 0.717) is 12.7 Å². The summed E-state index contributed by atoms with van der Waals surface area (Å²) in [5.74, 6) is 0. The van der Waals surface area contributed by atoms with Gasteiger partial charge in [0.2, 0.25) is 0 Å². The van der Waals surface area contributed by atoms with Crippen molar-refractivity contribution in [2.24, 2.45) is 0 Å². The molecule has 0 N–H and O–H groups in total. The van der Waals surface area contributed by atoms with E-state index in [2.05, 4.69) is 11.1 Å². The van der Waals surface area contributed by atoms with Crippen LogP contribution in [0.5, 0.6) is 0 Å². The highest BCUT2D eigenvalue weighted by Crippen LogP contribution is 2.24. The smallest absolute Gasteiger partial charge is 0.384 e. The van der Waals surface area contributed by atoms with Gasteiger partial charge in [0.15, 0.2) is 0 Å². The van der Waals surface area contributed by atoms with Crippen LogP contribution in [0.25, 0.3) is 0 Å². The topological polar surface area (TPSA) is 43.4 Å². The summed E-state index contributed by atoms with van der Waals surface area (Å²) >= 11 is 0. The van der Waals surface area contributed by atoms with E-state index in [9.17, 15) is 21.6 Å². The summed E-state index contributed by atoms with van der Waals surface area (Å²) < 4.78 is 60.1. The Morgan fingerprint density at radius 3 is 2.17 bits per heavy atom. The molecule has 0 heterocycles. The van der Waals surface area contributed by atoms with Gasteiger partial charge >= 0.3 is 15.6 Å². The van der Waals surface area contributed by atoms with Crippen LogP contribution in [-0.2, 0) is 14.3 Å². The van der Waals surface area contributed by atoms with Crippen molar-refractivity contribution < 1.29 is 25.8 Å². The molecule has 0 aromatic carbocycles. The van der Waals surface area contributed by atoms with E-state index >= 15 is 0 Å². The predicted molar refractivity (Wildman–Crippen MR) is 63.2 cm³/mol. The van der Waals surface area contributed by atoms with Gasteiger partial charge in [0.05, 0.1) is 0 Å². The van der Waals surface area contributed by atoms with Gasteiger partial charge in [-0.1, -0.05) is 39.0 Å². The van der Waals surface area contributed by atoms with Gasteiger partial charge in [-0.15, -0.1) is 0 Å². The summed E-state index contributed by atoms with van der Waals surface area (Å²) in [5, 5.41) is 0. The monoisotopic (exact) mass is 288 g/mol. The third-order valence-corrected chi connectivity index (χ3v) is 3.22. The van der Waals surface area contributed by atoms with Crippen LogP contribution in [0.15, 0.2) is 12.3 Å². The summed E-state index contributed by atoms with van der Waals surface area (Å²) in [4.78, 5) is 0. The molecule has 0 rings (SSSR count). The second-order valence-electron chi connectivity index (χ2n) is 3.92. The molecule has 0 radical (unpaired) electrons. The lowest BCUT2D eigenvalue weighted by molar-refractivity contribution is -0.0515. The standard InChI is InChI=1S/C11H19F3O3S/c1-2-3-4-5-6-7-8-9-10-17-18(15,16)11(12,13)14/h9-10H,2-8H2,1H3/b10-9-. The zero-order valence-corrected chi connectivity index (χ0v) is 11.2. The highest BCUT2D eigenvalue weighted by atomic mass is 32.2. The highest BCUT2D eigenvalue weighted by Gasteiger charge is 2.47. The molecule has 0 aliphatic carbocycles. The summed E-state index contributed by atoms with van der Waals surface area (Å²) in [5.41, 5.74) is -5.36. The van der Waals surface area contributed by atoms with E-state index in [4.69, 9.17) is 0 Å². The van der Waals surface area contributed by atoms with E-state index in [-0.39, 0.29) is 0 Å². The normalized spacial score (nSPS) is 13.1. The molecule has 108 valence electrons. The van der Waals surface area contributed by atoms with Gasteiger partial charge < -0.3 is 4.18 Å². The molecule has 7 heteroatoms. The fourth-order valence-electron chi connectivity index (χ4n) is 1.28. The predicted octanol–water partition coefficient (Wildman–Crippen LogP) is 4.12. The molecule has 0 saturated carbocycles. The number of hydrogen-bond donors (Lipinski definition) is 0. The van der Waals surface area contributed by atoms with Crippen molar-refractivity contribution in [3.63, 3.8) is 0 Å². The minimum Gasteiger partial charge on any atom is -0.384 e. The number of alkyl halides is 3. The van der Waals surface area contributed by atoms with Gasteiger partial charge in [0.25, 0.3) is 0 Å². The Balaban J connectivity index is 3.67. The third-order valence-electron chi connectivity index (χ3n) is 2.29. The van der Waals surface area contributed by atoms with Crippen molar-refractivity contribution >= 4 is 10.1 Å². The Labute approximate surface area is 106 Å². The SMILES string of the molecule is CCCCCCCC/C=C\OS(=O)(=O)C(F)(F)F. The zero-order valence-electron chi connectivity index (χ0n) is 10.4. The van der Waals surface area contributed by atoms with Crippen LogP contribution in [0.1, 0.15) is 51.9 Å². The van der Waals surface area contributed by atoms with Gasteiger partial charge in [-0.3, -0.25) is 0 Å². The van der Waals surface area contributed by atoms with E-state index in [1.165, 1.54) is 12.5 Å². The minimum atomic E-state index is -5.49. The van der Waals surface area contributed by atoms with Crippen LogP contribution in [0.3, 0.4) is 0 Å². The number of rotatable bonds is 9. The highest BCUT2D eigenvalue weighted by molar-refractivity contribution is 7.87. The maximum absolute atomic E-state index is 11.8. The average Bonchev–Trinajstić information content (AvgIpc) is 2.25. The Bertz CT molecular complexity index is 334. The molecule has 0 aromatic heterocycles. The molecule has 0 bridgehead atoms. The van der Waals surface area contributed by atoms with Crippen molar-refractivity contribution in [2.45, 2.75) is 57.4 Å². The molecule has 0 amide bonds. The van der Waals surface area contributed by atoms with E-state index in [0.717, 1.165) is 32.1 Å². The Kier molecular flexibility index (Phi) is 8.06. The van der Waals surface area contributed by atoms with Gasteiger partial charge in [-0.05, 0) is 18.9 Å². The van der Waals surface area contributed by atoms with Crippen LogP contribution >= 0.6 is 0 Å². The summed E-state index contributed by atoms with van der Waals surface area (Å²) in [6.07, 6.45) is 8.78. The number of unbranched alkanes of at least 4 members (excludes halogenated alkanes) is 6. The summed E-state index contributed by atoms with van der Waals surface area (Å²) in [6, 6.07) is 0. The lowest BCUT2D eigenvalue weighted by Gasteiger charge is -2.05. The first-order valence-electron chi connectivity index (χ1n) is 5.96. The first kappa shape index (κ1) is 17.3.